The van der Waals surface area contributed by atoms with Crippen molar-refractivity contribution in [1.29, 1.82) is 0 Å². The van der Waals surface area contributed by atoms with Crippen molar-refractivity contribution in [3.05, 3.63) is 12.8 Å². The minimum atomic E-state index is 0.360. The van der Waals surface area contributed by atoms with E-state index in [1.165, 1.54) is 0 Å². The van der Waals surface area contributed by atoms with Crippen molar-refractivity contribution in [2.45, 2.75) is 31.7 Å². The Balaban J connectivity index is 2.31. The maximum atomic E-state index is 10.9. The van der Waals surface area contributed by atoms with Crippen molar-refractivity contribution >= 4 is 5.78 Å². The van der Waals surface area contributed by atoms with Gasteiger partial charge in [-0.3, -0.25) is 4.79 Å². The van der Waals surface area contributed by atoms with Gasteiger partial charge in [0, 0.05) is 18.9 Å². The average Bonchev–Trinajstić information content (AvgIpc) is 1.88. The van der Waals surface area contributed by atoms with Gasteiger partial charge in [0.1, 0.15) is 5.78 Å². The summed E-state index contributed by atoms with van der Waals surface area (Å²) < 4.78 is 0. The highest BCUT2D eigenvalue weighted by atomic mass is 16.1. The van der Waals surface area contributed by atoms with Crippen LogP contribution >= 0.6 is 0 Å². The number of rotatable bonds is 2. The maximum absolute atomic E-state index is 10.9. The predicted octanol–water partition coefficient (Wildman–Crippen LogP) is 1.23. The molecule has 0 heterocycles. The van der Waals surface area contributed by atoms with E-state index in [0.29, 0.717) is 18.2 Å². The lowest BCUT2D eigenvalue weighted by atomic mass is 9.94. The van der Waals surface area contributed by atoms with E-state index in [-0.39, 0.29) is 0 Å². The van der Waals surface area contributed by atoms with Gasteiger partial charge in [-0.2, -0.15) is 0 Å². The molecule has 0 bridgehead atoms. The minimum Gasteiger partial charge on any atom is -0.388 e. The second-order valence-electron chi connectivity index (χ2n) is 2.70. The second kappa shape index (κ2) is 3.40. The fourth-order valence-corrected chi connectivity index (χ4v) is 1.33. The van der Waals surface area contributed by atoms with E-state index < -0.39 is 0 Å². The number of hydrogen-bond donors (Lipinski definition) is 1. The van der Waals surface area contributed by atoms with Gasteiger partial charge in [0.25, 0.3) is 0 Å². The lowest BCUT2D eigenvalue weighted by Crippen LogP contribution is -2.30. The summed E-state index contributed by atoms with van der Waals surface area (Å²) in [6.45, 7) is 3.56. The SMILES string of the molecule is C=CNC1CCCC(=O)C1. The third kappa shape index (κ3) is 1.87. The number of carbonyl (C=O) groups is 1. The van der Waals surface area contributed by atoms with Crippen LogP contribution in [0, 0.1) is 0 Å². The van der Waals surface area contributed by atoms with Gasteiger partial charge in [-0.15, -0.1) is 0 Å². The zero-order chi connectivity index (χ0) is 7.40. The summed E-state index contributed by atoms with van der Waals surface area (Å²) in [4.78, 5) is 10.9. The van der Waals surface area contributed by atoms with Crippen molar-refractivity contribution in [3.8, 4) is 0 Å². The number of carbonyl (C=O) groups excluding carboxylic acids is 1. The molecule has 2 nitrogen and oxygen atoms in total. The molecule has 1 fully saturated rings. The third-order valence-electron chi connectivity index (χ3n) is 1.84. The van der Waals surface area contributed by atoms with Crippen LogP contribution < -0.4 is 5.32 Å². The van der Waals surface area contributed by atoms with Crippen LogP contribution in [0.25, 0.3) is 0 Å². The van der Waals surface area contributed by atoms with Crippen LogP contribution in [0.4, 0.5) is 0 Å². The average molecular weight is 139 g/mol. The van der Waals surface area contributed by atoms with E-state index in [2.05, 4.69) is 11.9 Å². The molecule has 1 saturated carbocycles. The van der Waals surface area contributed by atoms with Crippen LogP contribution in [0.15, 0.2) is 12.8 Å². The van der Waals surface area contributed by atoms with Crippen LogP contribution in [-0.2, 0) is 4.79 Å². The van der Waals surface area contributed by atoms with Gasteiger partial charge in [-0.25, -0.2) is 0 Å². The number of ketones is 1. The Bertz CT molecular complexity index is 142. The van der Waals surface area contributed by atoms with Gasteiger partial charge in [-0.1, -0.05) is 6.58 Å². The summed E-state index contributed by atoms with van der Waals surface area (Å²) in [5.41, 5.74) is 0. The number of Topliss-reactive ketones (excluding diaryl/α,β-unsaturated/α-hetero) is 1. The standard InChI is InChI=1S/C8H13NO/c1-2-9-7-4-3-5-8(10)6-7/h2,7,9H,1,3-6H2. The summed E-state index contributed by atoms with van der Waals surface area (Å²) in [6.07, 6.45) is 5.27. The highest BCUT2D eigenvalue weighted by molar-refractivity contribution is 5.79. The largest absolute Gasteiger partial charge is 0.388 e. The quantitative estimate of drug-likeness (QED) is 0.623. The smallest absolute Gasteiger partial charge is 0.134 e. The molecule has 56 valence electrons. The molecule has 0 spiro atoms. The van der Waals surface area contributed by atoms with Crippen LogP contribution in [0.3, 0.4) is 0 Å². The normalized spacial score (nSPS) is 26.0. The number of nitrogens with one attached hydrogen (secondary N) is 1. The lowest BCUT2D eigenvalue weighted by Gasteiger charge is -2.20. The molecule has 0 aromatic carbocycles. The Morgan fingerprint density at radius 2 is 2.50 bits per heavy atom. The molecule has 0 radical (unpaired) electrons. The van der Waals surface area contributed by atoms with Gasteiger partial charge in [0.05, 0.1) is 0 Å². The molecule has 0 saturated heterocycles. The first kappa shape index (κ1) is 7.32. The highest BCUT2D eigenvalue weighted by Crippen LogP contribution is 2.14. The molecule has 1 rings (SSSR count). The minimum absolute atomic E-state index is 0.360. The number of hydrogen-bond acceptors (Lipinski definition) is 2. The Morgan fingerprint density at radius 3 is 3.10 bits per heavy atom. The van der Waals surface area contributed by atoms with Crippen LogP contribution in [0.1, 0.15) is 25.7 Å². The summed E-state index contributed by atoms with van der Waals surface area (Å²) in [6, 6.07) is 0.360. The van der Waals surface area contributed by atoms with Crippen LogP contribution in [0.2, 0.25) is 0 Å². The Kier molecular flexibility index (Phi) is 2.49. The molecular formula is C8H13NO. The second-order valence-corrected chi connectivity index (χ2v) is 2.70. The monoisotopic (exact) mass is 139 g/mol. The first-order valence-electron chi connectivity index (χ1n) is 3.71. The topological polar surface area (TPSA) is 29.1 Å². The first-order chi connectivity index (χ1) is 4.83. The molecule has 1 aliphatic carbocycles. The Labute approximate surface area is 61.3 Å². The molecule has 1 aliphatic rings. The lowest BCUT2D eigenvalue weighted by molar-refractivity contribution is -0.120. The van der Waals surface area contributed by atoms with E-state index in [4.69, 9.17) is 0 Å². The van der Waals surface area contributed by atoms with Crippen molar-refractivity contribution in [2.75, 3.05) is 0 Å². The Hall–Kier alpha value is -0.790. The van der Waals surface area contributed by atoms with E-state index in [9.17, 15) is 4.79 Å². The zero-order valence-corrected chi connectivity index (χ0v) is 6.10. The molecule has 0 aromatic heterocycles. The van der Waals surface area contributed by atoms with Gasteiger partial charge in [0.15, 0.2) is 0 Å². The molecule has 0 aromatic rings. The van der Waals surface area contributed by atoms with Crippen molar-refractivity contribution in [2.24, 2.45) is 0 Å². The first-order valence-corrected chi connectivity index (χ1v) is 3.71. The van der Waals surface area contributed by atoms with Crippen LogP contribution in [0.5, 0.6) is 0 Å². The fourth-order valence-electron chi connectivity index (χ4n) is 1.33. The van der Waals surface area contributed by atoms with Crippen LogP contribution in [-0.4, -0.2) is 11.8 Å². The van der Waals surface area contributed by atoms with E-state index >= 15 is 0 Å². The fraction of sp³-hybridized carbons (Fsp3) is 0.625. The van der Waals surface area contributed by atoms with Crippen molar-refractivity contribution in [1.82, 2.24) is 5.32 Å². The third-order valence-corrected chi connectivity index (χ3v) is 1.84. The van der Waals surface area contributed by atoms with Gasteiger partial charge >= 0.3 is 0 Å². The molecule has 0 aliphatic heterocycles. The molecule has 10 heavy (non-hydrogen) atoms. The zero-order valence-electron chi connectivity index (χ0n) is 6.10. The van der Waals surface area contributed by atoms with E-state index in [1.807, 2.05) is 0 Å². The molecule has 2 heteroatoms. The molecule has 0 amide bonds. The van der Waals surface area contributed by atoms with Gasteiger partial charge < -0.3 is 5.32 Å². The highest BCUT2D eigenvalue weighted by Gasteiger charge is 2.17. The summed E-state index contributed by atoms with van der Waals surface area (Å²) >= 11 is 0. The van der Waals surface area contributed by atoms with Crippen molar-refractivity contribution < 1.29 is 4.79 Å². The molecule has 1 atom stereocenters. The molecular weight excluding hydrogens is 126 g/mol. The Morgan fingerprint density at radius 1 is 1.70 bits per heavy atom. The van der Waals surface area contributed by atoms with Crippen molar-refractivity contribution in [3.63, 3.8) is 0 Å². The molecule has 1 N–H and O–H groups in total. The predicted molar refractivity (Wildman–Crippen MR) is 40.6 cm³/mol. The summed E-state index contributed by atoms with van der Waals surface area (Å²) in [5.74, 6) is 0.380. The van der Waals surface area contributed by atoms with Gasteiger partial charge in [0.2, 0.25) is 0 Å². The maximum Gasteiger partial charge on any atom is 0.134 e. The molecule has 1 unspecified atom stereocenters. The summed E-state index contributed by atoms with van der Waals surface area (Å²) in [5, 5.41) is 3.06. The van der Waals surface area contributed by atoms with E-state index in [1.54, 1.807) is 6.20 Å². The summed E-state index contributed by atoms with van der Waals surface area (Å²) in [7, 11) is 0. The van der Waals surface area contributed by atoms with Gasteiger partial charge in [-0.05, 0) is 19.0 Å². The van der Waals surface area contributed by atoms with E-state index in [0.717, 1.165) is 19.3 Å².